The lowest BCUT2D eigenvalue weighted by molar-refractivity contribution is 0.969. The molecule has 0 aromatic heterocycles. The first-order valence-electron chi connectivity index (χ1n) is 5.67. The van der Waals surface area contributed by atoms with E-state index >= 15 is 0 Å². The summed E-state index contributed by atoms with van der Waals surface area (Å²) >= 11 is 24.4. The maximum atomic E-state index is 6.22. The second-order valence-electron chi connectivity index (χ2n) is 4.07. The van der Waals surface area contributed by atoms with Crippen LogP contribution in [0.4, 0.5) is 0 Å². The quantitative estimate of drug-likeness (QED) is 0.740. The molecule has 0 spiro atoms. The van der Waals surface area contributed by atoms with Crippen LogP contribution in [0.2, 0.25) is 20.1 Å². The molecule has 2 rings (SSSR count). The molecule has 0 fully saturated rings. The molecule has 2 N–H and O–H groups in total. The molecule has 0 atom stereocenters. The molecule has 0 aliphatic rings. The van der Waals surface area contributed by atoms with E-state index < -0.39 is 0 Å². The Morgan fingerprint density at radius 2 is 1.58 bits per heavy atom. The minimum Gasteiger partial charge on any atom is -0.330 e. The summed E-state index contributed by atoms with van der Waals surface area (Å²) in [7, 11) is 0. The largest absolute Gasteiger partial charge is 0.330 e. The number of benzene rings is 2. The zero-order chi connectivity index (χ0) is 14.0. The van der Waals surface area contributed by atoms with Gasteiger partial charge in [0.25, 0.3) is 0 Å². The summed E-state index contributed by atoms with van der Waals surface area (Å²) in [6.45, 7) is 0.562. The number of rotatable bonds is 3. The van der Waals surface area contributed by atoms with Crippen molar-refractivity contribution in [1.82, 2.24) is 0 Å². The summed E-state index contributed by atoms with van der Waals surface area (Å²) in [6, 6.07) is 9.29. The SMILES string of the molecule is NCCc1ccc(-c2ccc(Cl)c(Cl)c2Cl)cc1Cl. The molecule has 5 heteroatoms. The van der Waals surface area contributed by atoms with E-state index in [2.05, 4.69) is 0 Å². The van der Waals surface area contributed by atoms with Crippen LogP contribution in [0.15, 0.2) is 30.3 Å². The van der Waals surface area contributed by atoms with Crippen molar-refractivity contribution in [1.29, 1.82) is 0 Å². The second kappa shape index (κ2) is 6.34. The normalized spacial score (nSPS) is 10.8. The van der Waals surface area contributed by atoms with Gasteiger partial charge in [-0.1, -0.05) is 64.6 Å². The van der Waals surface area contributed by atoms with Crippen LogP contribution in [0.25, 0.3) is 11.1 Å². The van der Waals surface area contributed by atoms with Gasteiger partial charge in [-0.3, -0.25) is 0 Å². The maximum Gasteiger partial charge on any atom is 0.0784 e. The number of hydrogen-bond donors (Lipinski definition) is 1. The molecular formula is C14H11Cl4N. The molecule has 0 radical (unpaired) electrons. The molecule has 0 aliphatic heterocycles. The third kappa shape index (κ3) is 3.18. The average molecular weight is 335 g/mol. The van der Waals surface area contributed by atoms with Crippen LogP contribution in [0, 0.1) is 0 Å². The molecule has 0 unspecified atom stereocenters. The van der Waals surface area contributed by atoms with E-state index in [-0.39, 0.29) is 0 Å². The Balaban J connectivity index is 2.48. The molecule has 0 aliphatic carbocycles. The Hall–Kier alpha value is -0.440. The van der Waals surface area contributed by atoms with Crippen molar-refractivity contribution < 1.29 is 0 Å². The number of halogens is 4. The highest BCUT2D eigenvalue weighted by Gasteiger charge is 2.11. The zero-order valence-corrected chi connectivity index (χ0v) is 12.9. The van der Waals surface area contributed by atoms with Gasteiger partial charge < -0.3 is 5.73 Å². The van der Waals surface area contributed by atoms with Gasteiger partial charge in [0.1, 0.15) is 0 Å². The van der Waals surface area contributed by atoms with Gasteiger partial charge in [0.15, 0.2) is 0 Å². The molecule has 19 heavy (non-hydrogen) atoms. The summed E-state index contributed by atoms with van der Waals surface area (Å²) in [4.78, 5) is 0. The van der Waals surface area contributed by atoms with Crippen LogP contribution in [0.5, 0.6) is 0 Å². The van der Waals surface area contributed by atoms with Crippen LogP contribution in [-0.2, 0) is 6.42 Å². The predicted octanol–water partition coefficient (Wildman–Crippen LogP) is 5.47. The fraction of sp³-hybridized carbons (Fsp3) is 0.143. The predicted molar refractivity (Wildman–Crippen MR) is 84.7 cm³/mol. The van der Waals surface area contributed by atoms with Gasteiger partial charge in [0.2, 0.25) is 0 Å². The molecule has 100 valence electrons. The Bertz CT molecular complexity index is 611. The molecule has 0 amide bonds. The fourth-order valence-corrected chi connectivity index (χ4v) is 2.74. The van der Waals surface area contributed by atoms with Crippen molar-refractivity contribution in [3.05, 3.63) is 56.0 Å². The Kier molecular flexibility index (Phi) is 4.99. The molecule has 0 saturated carbocycles. The first kappa shape index (κ1) is 15.0. The van der Waals surface area contributed by atoms with Crippen molar-refractivity contribution in [2.75, 3.05) is 6.54 Å². The minimum absolute atomic E-state index is 0.350. The van der Waals surface area contributed by atoms with Crippen LogP contribution < -0.4 is 5.73 Å². The highest BCUT2D eigenvalue weighted by Crippen LogP contribution is 2.38. The van der Waals surface area contributed by atoms with E-state index in [1.54, 1.807) is 6.07 Å². The lowest BCUT2D eigenvalue weighted by Crippen LogP contribution is -2.03. The smallest absolute Gasteiger partial charge is 0.0784 e. The highest BCUT2D eigenvalue weighted by atomic mass is 35.5. The van der Waals surface area contributed by atoms with E-state index in [0.717, 1.165) is 23.1 Å². The molecule has 2 aromatic rings. The third-order valence-electron chi connectivity index (χ3n) is 2.81. The van der Waals surface area contributed by atoms with Crippen molar-refractivity contribution >= 4 is 46.4 Å². The van der Waals surface area contributed by atoms with Crippen LogP contribution >= 0.6 is 46.4 Å². The van der Waals surface area contributed by atoms with Crippen molar-refractivity contribution in [2.45, 2.75) is 6.42 Å². The highest BCUT2D eigenvalue weighted by molar-refractivity contribution is 6.49. The topological polar surface area (TPSA) is 26.0 Å². The first-order valence-corrected chi connectivity index (χ1v) is 7.18. The van der Waals surface area contributed by atoms with Gasteiger partial charge in [-0.2, -0.15) is 0 Å². The fourth-order valence-electron chi connectivity index (χ4n) is 1.82. The van der Waals surface area contributed by atoms with E-state index in [1.165, 1.54) is 0 Å². The summed E-state index contributed by atoms with van der Waals surface area (Å²) in [5.41, 5.74) is 8.25. The van der Waals surface area contributed by atoms with Crippen LogP contribution in [0.1, 0.15) is 5.56 Å². The molecule has 1 nitrogen and oxygen atoms in total. The molecular weight excluding hydrogens is 324 g/mol. The van der Waals surface area contributed by atoms with Crippen molar-refractivity contribution in [3.8, 4) is 11.1 Å². The van der Waals surface area contributed by atoms with Crippen molar-refractivity contribution in [2.24, 2.45) is 5.73 Å². The summed E-state index contributed by atoms with van der Waals surface area (Å²) < 4.78 is 0. The molecule has 0 bridgehead atoms. The Morgan fingerprint density at radius 3 is 2.21 bits per heavy atom. The van der Waals surface area contributed by atoms with Gasteiger partial charge in [0, 0.05) is 10.6 Å². The Morgan fingerprint density at radius 1 is 0.842 bits per heavy atom. The van der Waals surface area contributed by atoms with Gasteiger partial charge in [-0.25, -0.2) is 0 Å². The van der Waals surface area contributed by atoms with Crippen LogP contribution in [0.3, 0.4) is 0 Å². The van der Waals surface area contributed by atoms with E-state index in [9.17, 15) is 0 Å². The zero-order valence-electron chi connectivity index (χ0n) is 9.89. The number of hydrogen-bond acceptors (Lipinski definition) is 1. The maximum absolute atomic E-state index is 6.22. The average Bonchev–Trinajstić information content (AvgIpc) is 2.39. The monoisotopic (exact) mass is 333 g/mol. The van der Waals surface area contributed by atoms with Gasteiger partial charge >= 0.3 is 0 Å². The lowest BCUT2D eigenvalue weighted by atomic mass is 10.0. The van der Waals surface area contributed by atoms with Gasteiger partial charge in [-0.15, -0.1) is 0 Å². The minimum atomic E-state index is 0.350. The van der Waals surface area contributed by atoms with Gasteiger partial charge in [-0.05, 0) is 36.2 Å². The standard InChI is InChI=1S/C14H11Cl4N/c15-11-4-3-10(13(17)14(11)18)9-2-1-8(5-6-19)12(16)7-9/h1-4,7H,5-6,19H2. The second-order valence-corrected chi connectivity index (χ2v) is 5.64. The van der Waals surface area contributed by atoms with Crippen molar-refractivity contribution in [3.63, 3.8) is 0 Å². The Labute approximate surface area is 132 Å². The van der Waals surface area contributed by atoms with Crippen LogP contribution in [-0.4, -0.2) is 6.54 Å². The van der Waals surface area contributed by atoms with Gasteiger partial charge in [0.05, 0.1) is 15.1 Å². The number of nitrogens with two attached hydrogens (primary N) is 1. The third-order valence-corrected chi connectivity index (χ3v) is 4.46. The molecule has 0 saturated heterocycles. The van der Waals surface area contributed by atoms with E-state index in [4.69, 9.17) is 52.1 Å². The summed E-state index contributed by atoms with van der Waals surface area (Å²) in [6.07, 6.45) is 0.744. The van der Waals surface area contributed by atoms with E-state index in [0.29, 0.717) is 26.6 Å². The first-order chi connectivity index (χ1) is 9.04. The lowest BCUT2D eigenvalue weighted by Gasteiger charge is -2.10. The summed E-state index contributed by atoms with van der Waals surface area (Å²) in [5.74, 6) is 0. The molecule has 0 heterocycles. The molecule has 2 aromatic carbocycles. The van der Waals surface area contributed by atoms with E-state index in [1.807, 2.05) is 24.3 Å². The summed E-state index contributed by atoms with van der Waals surface area (Å²) in [5, 5.41) is 1.88.